The number of rotatable bonds is 9. The first-order valence-electron chi connectivity index (χ1n) is 7.89. The minimum Gasteiger partial charge on any atom is -0.389 e. The molecule has 126 valence electrons. The predicted molar refractivity (Wildman–Crippen MR) is 90.0 cm³/mol. The molecule has 0 saturated heterocycles. The van der Waals surface area contributed by atoms with Gasteiger partial charge >= 0.3 is 0 Å². The molecule has 0 aliphatic heterocycles. The molecule has 0 unspecified atom stereocenters. The molecule has 4 nitrogen and oxygen atoms in total. The third-order valence-electron chi connectivity index (χ3n) is 3.28. The number of methoxy groups -OCH3 is 1. The lowest BCUT2D eigenvalue weighted by Crippen LogP contribution is -2.38. The lowest BCUT2D eigenvalue weighted by molar-refractivity contribution is -0.0576. The first kappa shape index (κ1) is 19.1. The Morgan fingerprint density at radius 1 is 1.27 bits per heavy atom. The zero-order valence-electron chi connectivity index (χ0n) is 14.6. The van der Waals surface area contributed by atoms with Gasteiger partial charge < -0.3 is 14.6 Å². The maximum atomic E-state index is 10.2. The van der Waals surface area contributed by atoms with E-state index in [1.807, 2.05) is 20.8 Å². The van der Waals surface area contributed by atoms with Gasteiger partial charge in [0.1, 0.15) is 0 Å². The fraction of sp³-hybridized carbons (Fsp3) is 0.667. The molecule has 0 aromatic heterocycles. The van der Waals surface area contributed by atoms with E-state index < -0.39 is 6.10 Å². The summed E-state index contributed by atoms with van der Waals surface area (Å²) < 4.78 is 10.8. The molecule has 22 heavy (non-hydrogen) atoms. The smallest absolute Gasteiger partial charge is 0.0900 e. The van der Waals surface area contributed by atoms with Crippen molar-refractivity contribution >= 4 is 0 Å². The molecule has 1 atom stereocenters. The van der Waals surface area contributed by atoms with Crippen LogP contribution in [0.3, 0.4) is 0 Å². The van der Waals surface area contributed by atoms with E-state index in [0.29, 0.717) is 19.8 Å². The standard InChI is InChI=1S/C18H31NO3/c1-15-7-6-8-16(11-15)12-19(9-10-21-5)13-17(20)14-22-18(2,3)4/h6-8,11,17,20H,9-10,12-14H2,1-5H3/t17-/m0/s1. The fourth-order valence-electron chi connectivity index (χ4n) is 2.22. The summed E-state index contributed by atoms with van der Waals surface area (Å²) in [5.41, 5.74) is 2.27. The normalized spacial score (nSPS) is 13.6. The lowest BCUT2D eigenvalue weighted by Gasteiger charge is -2.27. The van der Waals surface area contributed by atoms with E-state index in [1.165, 1.54) is 11.1 Å². The van der Waals surface area contributed by atoms with Crippen molar-refractivity contribution in [3.05, 3.63) is 35.4 Å². The van der Waals surface area contributed by atoms with E-state index in [2.05, 4.69) is 36.1 Å². The van der Waals surface area contributed by atoms with E-state index in [1.54, 1.807) is 7.11 Å². The topological polar surface area (TPSA) is 41.9 Å². The van der Waals surface area contributed by atoms with Gasteiger partial charge in [0.15, 0.2) is 0 Å². The van der Waals surface area contributed by atoms with Crippen LogP contribution in [0.5, 0.6) is 0 Å². The molecular formula is C18H31NO3. The third-order valence-corrected chi connectivity index (χ3v) is 3.28. The zero-order valence-corrected chi connectivity index (χ0v) is 14.6. The van der Waals surface area contributed by atoms with Gasteiger partial charge in [-0.1, -0.05) is 29.8 Å². The van der Waals surface area contributed by atoms with Crippen molar-refractivity contribution in [2.24, 2.45) is 0 Å². The molecule has 0 fully saturated rings. The highest BCUT2D eigenvalue weighted by Gasteiger charge is 2.16. The summed E-state index contributed by atoms with van der Waals surface area (Å²) in [7, 11) is 1.70. The largest absolute Gasteiger partial charge is 0.389 e. The second-order valence-corrected chi connectivity index (χ2v) is 6.79. The van der Waals surface area contributed by atoms with Crippen LogP contribution in [0.15, 0.2) is 24.3 Å². The molecule has 1 aromatic carbocycles. The van der Waals surface area contributed by atoms with E-state index in [0.717, 1.165) is 13.1 Å². The molecular weight excluding hydrogens is 278 g/mol. The molecule has 1 aromatic rings. The van der Waals surface area contributed by atoms with Crippen molar-refractivity contribution < 1.29 is 14.6 Å². The van der Waals surface area contributed by atoms with Crippen molar-refractivity contribution in [3.8, 4) is 0 Å². The summed E-state index contributed by atoms with van der Waals surface area (Å²) in [5.74, 6) is 0. The number of nitrogens with zero attached hydrogens (tertiary/aromatic N) is 1. The Hall–Kier alpha value is -0.940. The number of benzene rings is 1. The molecule has 0 spiro atoms. The monoisotopic (exact) mass is 309 g/mol. The third kappa shape index (κ3) is 8.49. The van der Waals surface area contributed by atoms with E-state index in [-0.39, 0.29) is 5.60 Å². The van der Waals surface area contributed by atoms with E-state index in [4.69, 9.17) is 9.47 Å². The Kier molecular flexibility index (Phi) is 8.04. The van der Waals surface area contributed by atoms with Crippen LogP contribution in [0, 0.1) is 6.92 Å². The number of aryl methyl sites for hydroxylation is 1. The van der Waals surface area contributed by atoms with Crippen LogP contribution < -0.4 is 0 Å². The van der Waals surface area contributed by atoms with Gasteiger partial charge in [-0.2, -0.15) is 0 Å². The number of aliphatic hydroxyl groups excluding tert-OH is 1. The van der Waals surface area contributed by atoms with Gasteiger partial charge in [0.05, 0.1) is 24.9 Å². The van der Waals surface area contributed by atoms with Crippen LogP contribution in [0.4, 0.5) is 0 Å². The lowest BCUT2D eigenvalue weighted by atomic mass is 10.1. The summed E-state index contributed by atoms with van der Waals surface area (Å²) in [5, 5.41) is 10.2. The number of hydrogen-bond donors (Lipinski definition) is 1. The quantitative estimate of drug-likeness (QED) is 0.761. The van der Waals surface area contributed by atoms with Crippen molar-refractivity contribution in [2.75, 3.05) is 33.4 Å². The minimum atomic E-state index is -0.499. The Morgan fingerprint density at radius 2 is 2.00 bits per heavy atom. The average molecular weight is 309 g/mol. The zero-order chi connectivity index (χ0) is 16.6. The maximum Gasteiger partial charge on any atom is 0.0900 e. The predicted octanol–water partition coefficient (Wildman–Crippen LogP) is 2.62. The summed E-state index contributed by atoms with van der Waals surface area (Å²) in [6.45, 7) is 11.2. The van der Waals surface area contributed by atoms with E-state index >= 15 is 0 Å². The van der Waals surface area contributed by atoms with Crippen LogP contribution in [-0.2, 0) is 16.0 Å². The van der Waals surface area contributed by atoms with Crippen molar-refractivity contribution in [1.82, 2.24) is 4.90 Å². The molecule has 0 amide bonds. The molecule has 0 radical (unpaired) electrons. The van der Waals surface area contributed by atoms with Crippen LogP contribution in [0.1, 0.15) is 31.9 Å². The summed E-state index contributed by atoms with van der Waals surface area (Å²) in [4.78, 5) is 2.20. The molecule has 0 aliphatic carbocycles. The van der Waals surface area contributed by atoms with Gasteiger partial charge in [-0.3, -0.25) is 4.90 Å². The summed E-state index contributed by atoms with van der Waals surface area (Å²) in [6, 6.07) is 8.45. The maximum absolute atomic E-state index is 10.2. The van der Waals surface area contributed by atoms with Crippen LogP contribution in [-0.4, -0.2) is 55.1 Å². The summed E-state index contributed by atoms with van der Waals surface area (Å²) in [6.07, 6.45) is -0.499. The molecule has 0 aliphatic rings. The minimum absolute atomic E-state index is 0.227. The SMILES string of the molecule is COCCN(Cc1cccc(C)c1)C[C@H](O)COC(C)(C)C. The molecule has 1 N–H and O–H groups in total. The van der Waals surface area contributed by atoms with Crippen molar-refractivity contribution in [2.45, 2.75) is 45.9 Å². The highest BCUT2D eigenvalue weighted by atomic mass is 16.5. The second-order valence-electron chi connectivity index (χ2n) is 6.79. The van der Waals surface area contributed by atoms with Crippen LogP contribution in [0.2, 0.25) is 0 Å². The Bertz CT molecular complexity index is 429. The van der Waals surface area contributed by atoms with Gasteiger partial charge in [-0.05, 0) is 33.3 Å². The summed E-state index contributed by atoms with van der Waals surface area (Å²) >= 11 is 0. The molecule has 4 heteroatoms. The molecule has 0 heterocycles. The Labute approximate surface area is 135 Å². The van der Waals surface area contributed by atoms with Gasteiger partial charge in [0.25, 0.3) is 0 Å². The van der Waals surface area contributed by atoms with Gasteiger partial charge in [-0.15, -0.1) is 0 Å². The molecule has 0 saturated carbocycles. The van der Waals surface area contributed by atoms with Gasteiger partial charge in [0, 0.05) is 26.7 Å². The van der Waals surface area contributed by atoms with E-state index in [9.17, 15) is 5.11 Å². The van der Waals surface area contributed by atoms with Gasteiger partial charge in [0.2, 0.25) is 0 Å². The Balaban J connectivity index is 2.56. The van der Waals surface area contributed by atoms with Crippen molar-refractivity contribution in [1.29, 1.82) is 0 Å². The van der Waals surface area contributed by atoms with Crippen LogP contribution in [0.25, 0.3) is 0 Å². The number of aliphatic hydroxyl groups is 1. The average Bonchev–Trinajstić information content (AvgIpc) is 2.42. The molecule has 1 rings (SSSR count). The van der Waals surface area contributed by atoms with Gasteiger partial charge in [-0.25, -0.2) is 0 Å². The van der Waals surface area contributed by atoms with Crippen molar-refractivity contribution in [3.63, 3.8) is 0 Å². The number of hydrogen-bond acceptors (Lipinski definition) is 4. The highest BCUT2D eigenvalue weighted by Crippen LogP contribution is 2.10. The first-order valence-corrected chi connectivity index (χ1v) is 7.89. The second kappa shape index (κ2) is 9.26. The molecule has 0 bridgehead atoms. The highest BCUT2D eigenvalue weighted by molar-refractivity contribution is 5.22. The first-order chi connectivity index (χ1) is 10.3. The number of ether oxygens (including phenoxy) is 2. The van der Waals surface area contributed by atoms with Crippen LogP contribution >= 0.6 is 0 Å². The Morgan fingerprint density at radius 3 is 2.59 bits per heavy atom. The fourth-order valence-corrected chi connectivity index (χ4v) is 2.22.